The summed E-state index contributed by atoms with van der Waals surface area (Å²) in [5.74, 6) is -0.493. The lowest BCUT2D eigenvalue weighted by Crippen LogP contribution is -2.35. The molecular formula is C9H18N2O3S. The first-order chi connectivity index (χ1) is 6.83. The molecular weight excluding hydrogens is 216 g/mol. The Balaban J connectivity index is 4.09. The van der Waals surface area contributed by atoms with Gasteiger partial charge < -0.3 is 4.74 Å². The molecule has 0 saturated heterocycles. The molecule has 1 N–H and O–H groups in total. The Morgan fingerprint density at radius 1 is 1.47 bits per heavy atom. The summed E-state index contributed by atoms with van der Waals surface area (Å²) in [7, 11) is -1.83. The Kier molecular flexibility index (Phi) is 5.80. The number of nitrogens with zero attached hydrogens (tertiary/aromatic N) is 1. The summed E-state index contributed by atoms with van der Waals surface area (Å²) >= 11 is 0. The predicted molar refractivity (Wildman–Crippen MR) is 57.7 cm³/mol. The van der Waals surface area contributed by atoms with E-state index in [1.54, 1.807) is 13.2 Å². The van der Waals surface area contributed by atoms with Crippen molar-refractivity contribution in [2.75, 3.05) is 26.0 Å². The van der Waals surface area contributed by atoms with Crippen molar-refractivity contribution in [2.24, 2.45) is 5.41 Å². The van der Waals surface area contributed by atoms with E-state index >= 15 is 0 Å². The van der Waals surface area contributed by atoms with Crippen LogP contribution in [-0.2, 0) is 14.8 Å². The Labute approximate surface area is 91.5 Å². The fourth-order valence-corrected chi connectivity index (χ4v) is 1.79. The fraction of sp³-hybridized carbons (Fsp3) is 0.889. The molecule has 0 amide bonds. The highest BCUT2D eigenvalue weighted by Crippen LogP contribution is 2.18. The van der Waals surface area contributed by atoms with Crippen molar-refractivity contribution in [3.05, 3.63) is 0 Å². The van der Waals surface area contributed by atoms with Crippen LogP contribution in [0.4, 0.5) is 0 Å². The molecule has 0 bridgehead atoms. The van der Waals surface area contributed by atoms with Crippen LogP contribution in [-0.4, -0.2) is 34.4 Å². The van der Waals surface area contributed by atoms with Gasteiger partial charge in [-0.2, -0.15) is 5.26 Å². The second kappa shape index (κ2) is 6.05. The van der Waals surface area contributed by atoms with Gasteiger partial charge in [0, 0.05) is 20.3 Å². The van der Waals surface area contributed by atoms with Gasteiger partial charge in [0.15, 0.2) is 5.75 Å². The Morgan fingerprint density at radius 2 is 2.07 bits per heavy atom. The predicted octanol–water partition coefficient (Wildman–Crippen LogP) is 0.492. The molecule has 0 aliphatic rings. The minimum atomic E-state index is -3.44. The largest absolute Gasteiger partial charge is 0.385 e. The topological polar surface area (TPSA) is 79.2 Å². The molecule has 0 fully saturated rings. The van der Waals surface area contributed by atoms with E-state index in [1.807, 2.05) is 13.8 Å². The highest BCUT2D eigenvalue weighted by atomic mass is 32.2. The van der Waals surface area contributed by atoms with Gasteiger partial charge in [-0.3, -0.25) is 0 Å². The highest BCUT2D eigenvalue weighted by Gasteiger charge is 2.20. The van der Waals surface area contributed by atoms with Gasteiger partial charge in [0.1, 0.15) is 0 Å². The number of hydrogen-bond donors (Lipinski definition) is 1. The van der Waals surface area contributed by atoms with Gasteiger partial charge in [0.05, 0.1) is 6.07 Å². The van der Waals surface area contributed by atoms with Crippen molar-refractivity contribution in [1.82, 2.24) is 4.72 Å². The molecule has 88 valence electrons. The fourth-order valence-electron chi connectivity index (χ4n) is 0.908. The zero-order valence-corrected chi connectivity index (χ0v) is 10.2. The van der Waals surface area contributed by atoms with Crippen LogP contribution >= 0.6 is 0 Å². The lowest BCUT2D eigenvalue weighted by molar-refractivity contribution is 0.153. The van der Waals surface area contributed by atoms with E-state index in [0.717, 1.165) is 6.42 Å². The van der Waals surface area contributed by atoms with Crippen LogP contribution in [0, 0.1) is 16.7 Å². The molecule has 0 unspecified atom stereocenters. The van der Waals surface area contributed by atoms with Gasteiger partial charge in [-0.25, -0.2) is 13.1 Å². The van der Waals surface area contributed by atoms with Crippen LogP contribution in [0.3, 0.4) is 0 Å². The molecule has 0 atom stereocenters. The molecule has 0 aliphatic carbocycles. The van der Waals surface area contributed by atoms with E-state index in [2.05, 4.69) is 4.72 Å². The summed E-state index contributed by atoms with van der Waals surface area (Å²) in [5, 5.41) is 8.28. The molecule has 0 spiro atoms. The molecule has 0 rings (SSSR count). The first-order valence-electron chi connectivity index (χ1n) is 4.66. The zero-order valence-electron chi connectivity index (χ0n) is 9.41. The van der Waals surface area contributed by atoms with E-state index in [4.69, 9.17) is 10.00 Å². The van der Waals surface area contributed by atoms with Gasteiger partial charge in [0.25, 0.3) is 0 Å². The van der Waals surface area contributed by atoms with Crippen LogP contribution in [0.1, 0.15) is 20.3 Å². The third kappa shape index (κ3) is 7.31. The summed E-state index contributed by atoms with van der Waals surface area (Å²) in [5.41, 5.74) is -0.168. The number of nitriles is 1. The Bertz CT molecular complexity index is 317. The maximum Gasteiger partial charge on any atom is 0.225 e. The zero-order chi connectivity index (χ0) is 11.9. The summed E-state index contributed by atoms with van der Waals surface area (Å²) < 4.78 is 29.7. The first kappa shape index (κ1) is 14.4. The van der Waals surface area contributed by atoms with Crippen LogP contribution in [0.5, 0.6) is 0 Å². The summed E-state index contributed by atoms with van der Waals surface area (Å²) in [6.07, 6.45) is 0.762. The highest BCUT2D eigenvalue weighted by molar-refractivity contribution is 7.89. The smallest absolute Gasteiger partial charge is 0.225 e. The average Bonchev–Trinajstić information content (AvgIpc) is 2.12. The molecule has 0 aliphatic heterocycles. The monoisotopic (exact) mass is 234 g/mol. The molecule has 0 aromatic carbocycles. The maximum absolute atomic E-state index is 11.2. The van der Waals surface area contributed by atoms with Gasteiger partial charge >= 0.3 is 0 Å². The van der Waals surface area contributed by atoms with Gasteiger partial charge in [0.2, 0.25) is 10.0 Å². The summed E-state index contributed by atoms with van der Waals surface area (Å²) in [6, 6.07) is 1.61. The lowest BCUT2D eigenvalue weighted by Gasteiger charge is -2.24. The van der Waals surface area contributed by atoms with Crippen molar-refractivity contribution in [2.45, 2.75) is 20.3 Å². The Morgan fingerprint density at radius 3 is 2.53 bits per heavy atom. The SMILES string of the molecule is COCCC(C)(C)CNS(=O)(=O)CC#N. The first-order valence-corrected chi connectivity index (χ1v) is 6.31. The summed E-state index contributed by atoms with van der Waals surface area (Å²) in [6.45, 7) is 4.80. The van der Waals surface area contributed by atoms with Crippen LogP contribution in [0.2, 0.25) is 0 Å². The normalized spacial score (nSPS) is 12.4. The lowest BCUT2D eigenvalue weighted by atomic mass is 9.90. The van der Waals surface area contributed by atoms with E-state index < -0.39 is 15.8 Å². The molecule has 0 aromatic rings. The molecule has 6 heteroatoms. The second-order valence-electron chi connectivity index (χ2n) is 4.15. The quantitative estimate of drug-likeness (QED) is 0.695. The van der Waals surface area contributed by atoms with Crippen molar-refractivity contribution >= 4 is 10.0 Å². The van der Waals surface area contributed by atoms with E-state index in [9.17, 15) is 8.42 Å². The maximum atomic E-state index is 11.2. The number of hydrogen-bond acceptors (Lipinski definition) is 4. The number of ether oxygens (including phenoxy) is 1. The van der Waals surface area contributed by atoms with Crippen molar-refractivity contribution in [3.63, 3.8) is 0 Å². The molecule has 5 nitrogen and oxygen atoms in total. The van der Waals surface area contributed by atoms with Crippen LogP contribution < -0.4 is 4.72 Å². The van der Waals surface area contributed by atoms with Crippen LogP contribution in [0.25, 0.3) is 0 Å². The average molecular weight is 234 g/mol. The molecule has 0 radical (unpaired) electrons. The summed E-state index contributed by atoms with van der Waals surface area (Å²) in [4.78, 5) is 0. The van der Waals surface area contributed by atoms with E-state index in [0.29, 0.717) is 13.2 Å². The minimum absolute atomic E-state index is 0.168. The minimum Gasteiger partial charge on any atom is -0.385 e. The van der Waals surface area contributed by atoms with Crippen molar-refractivity contribution in [1.29, 1.82) is 5.26 Å². The number of sulfonamides is 1. The Hall–Kier alpha value is -0.640. The number of nitrogens with one attached hydrogen (secondary N) is 1. The molecule has 15 heavy (non-hydrogen) atoms. The van der Waals surface area contributed by atoms with Gasteiger partial charge in [-0.1, -0.05) is 13.8 Å². The second-order valence-corrected chi connectivity index (χ2v) is 5.95. The number of rotatable bonds is 7. The standard InChI is InChI=1S/C9H18N2O3S/c1-9(2,4-6-14-3)8-11-15(12,13)7-5-10/h11H,4,6-8H2,1-3H3. The van der Waals surface area contributed by atoms with Crippen molar-refractivity contribution < 1.29 is 13.2 Å². The number of methoxy groups -OCH3 is 1. The van der Waals surface area contributed by atoms with Crippen molar-refractivity contribution in [3.8, 4) is 6.07 Å². The molecule has 0 saturated carbocycles. The van der Waals surface area contributed by atoms with Gasteiger partial charge in [-0.15, -0.1) is 0 Å². The third-order valence-electron chi connectivity index (χ3n) is 2.01. The van der Waals surface area contributed by atoms with E-state index in [-0.39, 0.29) is 5.41 Å². The molecule has 0 heterocycles. The molecule has 0 aromatic heterocycles. The van der Waals surface area contributed by atoms with E-state index in [1.165, 1.54) is 0 Å². The van der Waals surface area contributed by atoms with Gasteiger partial charge in [-0.05, 0) is 11.8 Å². The van der Waals surface area contributed by atoms with Crippen LogP contribution in [0.15, 0.2) is 0 Å². The third-order valence-corrected chi connectivity index (χ3v) is 3.10.